The predicted molar refractivity (Wildman–Crippen MR) is 132 cm³/mol. The van der Waals surface area contributed by atoms with Crippen LogP contribution in [0.25, 0.3) is 16.9 Å². The molecule has 6 heteroatoms. The van der Waals surface area contributed by atoms with Crippen LogP contribution >= 0.6 is 0 Å². The zero-order valence-corrected chi connectivity index (χ0v) is 19.6. The molecule has 4 rings (SSSR count). The minimum absolute atomic E-state index is 0.0964. The Hall–Kier alpha value is -3.38. The van der Waals surface area contributed by atoms with Gasteiger partial charge in [0.15, 0.2) is 0 Å². The van der Waals surface area contributed by atoms with E-state index in [1.165, 1.54) is 5.57 Å². The number of benzene rings is 2. The molecular weight excluding hydrogens is 412 g/mol. The summed E-state index contributed by atoms with van der Waals surface area (Å²) in [5.41, 5.74) is 4.21. The number of methoxy groups -OCH3 is 1. The molecule has 6 nitrogen and oxygen atoms in total. The van der Waals surface area contributed by atoms with E-state index in [9.17, 15) is 4.79 Å². The van der Waals surface area contributed by atoms with Crippen molar-refractivity contribution in [1.29, 1.82) is 0 Å². The van der Waals surface area contributed by atoms with E-state index < -0.39 is 0 Å². The number of piperidine rings is 1. The van der Waals surface area contributed by atoms with Crippen LogP contribution < -0.4 is 10.1 Å². The van der Waals surface area contributed by atoms with Gasteiger partial charge < -0.3 is 10.1 Å². The highest BCUT2D eigenvalue weighted by Crippen LogP contribution is 2.32. The highest BCUT2D eigenvalue weighted by atomic mass is 16.5. The van der Waals surface area contributed by atoms with Crippen LogP contribution in [0, 0.1) is 0 Å². The van der Waals surface area contributed by atoms with E-state index in [1.807, 2.05) is 60.8 Å². The minimum atomic E-state index is -0.0964. The van der Waals surface area contributed by atoms with Crippen molar-refractivity contribution in [2.75, 3.05) is 26.7 Å². The molecule has 1 saturated heterocycles. The monoisotopic (exact) mass is 444 g/mol. The van der Waals surface area contributed by atoms with E-state index in [0.717, 1.165) is 43.7 Å². The first kappa shape index (κ1) is 22.8. The number of likely N-dealkylation sites (tertiary alicyclic amines) is 1. The summed E-state index contributed by atoms with van der Waals surface area (Å²) in [6, 6.07) is 17.7. The van der Waals surface area contributed by atoms with Crippen LogP contribution in [0.15, 0.2) is 72.4 Å². The number of aromatic nitrogens is 2. The molecule has 0 aliphatic carbocycles. The predicted octanol–water partition coefficient (Wildman–Crippen LogP) is 4.71. The normalized spacial score (nSPS) is 14.6. The lowest BCUT2D eigenvalue weighted by atomic mass is 10.0. The summed E-state index contributed by atoms with van der Waals surface area (Å²) >= 11 is 0. The molecule has 0 saturated carbocycles. The summed E-state index contributed by atoms with van der Waals surface area (Å²) in [4.78, 5) is 15.9. The highest BCUT2D eigenvalue weighted by molar-refractivity contribution is 6.00. The maximum absolute atomic E-state index is 13.4. The van der Waals surface area contributed by atoms with Crippen molar-refractivity contribution in [2.24, 2.45) is 0 Å². The van der Waals surface area contributed by atoms with Gasteiger partial charge in [-0.3, -0.25) is 9.69 Å². The minimum Gasteiger partial charge on any atom is -0.496 e. The third kappa shape index (κ3) is 5.52. The number of allylic oxidation sites excluding steroid dienone is 1. The fourth-order valence-electron chi connectivity index (χ4n) is 4.13. The van der Waals surface area contributed by atoms with E-state index >= 15 is 0 Å². The Kier molecular flexibility index (Phi) is 7.25. The second-order valence-electron chi connectivity index (χ2n) is 8.70. The number of carbonyl (C=O) groups excluding carboxylic acids is 1. The standard InChI is InChI=1S/C27H32N4O2/c1-20(2)13-16-30-17-14-21(15-18-30)28-27(32)24-19-31(22-9-5-4-6-10-22)29-26(24)23-11-7-8-12-25(23)33-3/h4-13,19,21H,14-18H2,1-3H3,(H,28,32). The summed E-state index contributed by atoms with van der Waals surface area (Å²) in [6.45, 7) is 7.20. The highest BCUT2D eigenvalue weighted by Gasteiger charge is 2.25. The molecule has 2 aromatic carbocycles. The van der Waals surface area contributed by atoms with Crippen LogP contribution in [0.1, 0.15) is 37.0 Å². The van der Waals surface area contributed by atoms with Gasteiger partial charge in [0.25, 0.3) is 5.91 Å². The lowest BCUT2D eigenvalue weighted by Crippen LogP contribution is -2.44. The third-order valence-corrected chi connectivity index (χ3v) is 6.02. The SMILES string of the molecule is COc1ccccc1-c1nn(-c2ccccc2)cc1C(=O)NC1CCN(CC=C(C)C)CC1. The zero-order valence-electron chi connectivity index (χ0n) is 19.6. The fraction of sp³-hybridized carbons (Fsp3) is 0.333. The Morgan fingerprint density at radius 2 is 1.79 bits per heavy atom. The van der Waals surface area contributed by atoms with Gasteiger partial charge in [-0.1, -0.05) is 42.0 Å². The number of nitrogens with zero attached hydrogens (tertiary/aromatic N) is 3. The van der Waals surface area contributed by atoms with E-state index in [0.29, 0.717) is 17.0 Å². The van der Waals surface area contributed by atoms with Crippen molar-refractivity contribution in [3.63, 3.8) is 0 Å². The molecule has 1 N–H and O–H groups in total. The van der Waals surface area contributed by atoms with Gasteiger partial charge in [-0.15, -0.1) is 0 Å². The smallest absolute Gasteiger partial charge is 0.255 e. The van der Waals surface area contributed by atoms with Crippen molar-refractivity contribution >= 4 is 5.91 Å². The van der Waals surface area contributed by atoms with Crippen molar-refractivity contribution in [1.82, 2.24) is 20.0 Å². The average molecular weight is 445 g/mol. The Balaban J connectivity index is 1.57. The van der Waals surface area contributed by atoms with Crippen LogP contribution in [0.2, 0.25) is 0 Å². The maximum atomic E-state index is 13.4. The number of amides is 1. The van der Waals surface area contributed by atoms with Gasteiger partial charge >= 0.3 is 0 Å². The Morgan fingerprint density at radius 3 is 2.48 bits per heavy atom. The van der Waals surface area contributed by atoms with Gasteiger partial charge in [0, 0.05) is 37.4 Å². The lowest BCUT2D eigenvalue weighted by Gasteiger charge is -2.31. The molecule has 0 bridgehead atoms. The molecular formula is C27H32N4O2. The van der Waals surface area contributed by atoms with Crippen LogP contribution in [0.4, 0.5) is 0 Å². The van der Waals surface area contributed by atoms with Crippen LogP contribution in [0.5, 0.6) is 5.75 Å². The molecule has 1 fully saturated rings. The topological polar surface area (TPSA) is 59.4 Å². The van der Waals surface area contributed by atoms with Gasteiger partial charge in [0.2, 0.25) is 0 Å². The number of para-hydroxylation sites is 2. The van der Waals surface area contributed by atoms with Crippen LogP contribution in [-0.2, 0) is 0 Å². The molecule has 1 aliphatic rings. The molecule has 0 atom stereocenters. The van der Waals surface area contributed by atoms with Crippen molar-refractivity contribution in [3.05, 3.63) is 78.0 Å². The molecule has 1 aromatic heterocycles. The zero-order chi connectivity index (χ0) is 23.2. The van der Waals surface area contributed by atoms with Crippen LogP contribution in [0.3, 0.4) is 0 Å². The second kappa shape index (κ2) is 10.5. The summed E-state index contributed by atoms with van der Waals surface area (Å²) < 4.78 is 7.32. The van der Waals surface area contributed by atoms with Gasteiger partial charge in [0.05, 0.1) is 18.4 Å². The molecule has 3 aromatic rings. The maximum Gasteiger partial charge on any atom is 0.255 e. The molecule has 1 amide bonds. The number of rotatable bonds is 7. The number of hydrogen-bond donors (Lipinski definition) is 1. The van der Waals surface area contributed by atoms with E-state index in [1.54, 1.807) is 11.8 Å². The molecule has 0 spiro atoms. The van der Waals surface area contributed by atoms with Crippen LogP contribution in [-0.4, -0.2) is 53.4 Å². The molecule has 2 heterocycles. The fourth-order valence-corrected chi connectivity index (χ4v) is 4.13. The second-order valence-corrected chi connectivity index (χ2v) is 8.70. The summed E-state index contributed by atoms with van der Waals surface area (Å²) in [5, 5.41) is 8.05. The van der Waals surface area contributed by atoms with E-state index in [-0.39, 0.29) is 11.9 Å². The Bertz CT molecular complexity index is 1110. The summed E-state index contributed by atoms with van der Waals surface area (Å²) in [5.74, 6) is 0.596. The number of carbonyl (C=O) groups is 1. The van der Waals surface area contributed by atoms with Crippen molar-refractivity contribution in [3.8, 4) is 22.7 Å². The van der Waals surface area contributed by atoms with Gasteiger partial charge in [-0.2, -0.15) is 5.10 Å². The van der Waals surface area contributed by atoms with Gasteiger partial charge in [-0.05, 0) is 51.0 Å². The number of ether oxygens (including phenoxy) is 1. The molecule has 33 heavy (non-hydrogen) atoms. The first-order chi connectivity index (χ1) is 16.0. The quantitative estimate of drug-likeness (QED) is 0.536. The largest absolute Gasteiger partial charge is 0.496 e. The lowest BCUT2D eigenvalue weighted by molar-refractivity contribution is 0.0914. The first-order valence-electron chi connectivity index (χ1n) is 11.5. The summed E-state index contributed by atoms with van der Waals surface area (Å²) in [7, 11) is 1.63. The molecule has 0 radical (unpaired) electrons. The first-order valence-corrected chi connectivity index (χ1v) is 11.5. The van der Waals surface area contributed by atoms with Gasteiger partial charge in [-0.25, -0.2) is 4.68 Å². The van der Waals surface area contributed by atoms with Gasteiger partial charge in [0.1, 0.15) is 11.4 Å². The number of nitrogens with one attached hydrogen (secondary N) is 1. The molecule has 0 unspecified atom stereocenters. The summed E-state index contributed by atoms with van der Waals surface area (Å²) in [6.07, 6.45) is 5.96. The molecule has 172 valence electrons. The van der Waals surface area contributed by atoms with E-state index in [2.05, 4.69) is 30.1 Å². The van der Waals surface area contributed by atoms with Crippen molar-refractivity contribution < 1.29 is 9.53 Å². The average Bonchev–Trinajstić information content (AvgIpc) is 3.29. The van der Waals surface area contributed by atoms with E-state index in [4.69, 9.17) is 9.84 Å². The Labute approximate surface area is 195 Å². The number of hydrogen-bond acceptors (Lipinski definition) is 4. The Morgan fingerprint density at radius 1 is 1.09 bits per heavy atom. The van der Waals surface area contributed by atoms with Crippen molar-refractivity contribution in [2.45, 2.75) is 32.7 Å². The molecule has 1 aliphatic heterocycles. The third-order valence-electron chi connectivity index (χ3n) is 6.02.